The average Bonchev–Trinajstić information content (AvgIpc) is 3.29. The first-order chi connectivity index (χ1) is 18.5. The van der Waals surface area contributed by atoms with E-state index in [2.05, 4.69) is 15.9 Å². The summed E-state index contributed by atoms with van der Waals surface area (Å²) < 4.78 is 57.5. The number of hydrogen-bond donors (Lipinski definition) is 0. The molecule has 0 N–H and O–H groups in total. The predicted molar refractivity (Wildman–Crippen MR) is 143 cm³/mol. The molecule has 2 heterocycles. The number of fused-ring (bicyclic) bond motifs is 3. The molecular weight excluding hydrogens is 601 g/mol. The molecule has 0 fully saturated rings. The first-order valence-corrected chi connectivity index (χ1v) is 12.9. The molecule has 0 aliphatic carbocycles. The van der Waals surface area contributed by atoms with Gasteiger partial charge >= 0.3 is 18.2 Å². The molecule has 2 aliphatic rings. The van der Waals surface area contributed by atoms with Gasteiger partial charge in [-0.3, -0.25) is 9.80 Å². The molecule has 3 aromatic carbocycles. The third-order valence-electron chi connectivity index (χ3n) is 7.03. The summed E-state index contributed by atoms with van der Waals surface area (Å²) in [4.78, 5) is 28.8. The van der Waals surface area contributed by atoms with Crippen molar-refractivity contribution < 1.29 is 32.2 Å². The van der Waals surface area contributed by atoms with Gasteiger partial charge in [0.2, 0.25) is 0 Å². The van der Waals surface area contributed by atoms with Crippen molar-refractivity contribution in [3.05, 3.63) is 105 Å². The number of amides is 2. The number of anilines is 1. The van der Waals surface area contributed by atoms with Crippen molar-refractivity contribution >= 4 is 45.2 Å². The Kier molecular flexibility index (Phi) is 6.88. The summed E-state index contributed by atoms with van der Waals surface area (Å²) in [5.74, 6) is -2.00. The van der Waals surface area contributed by atoms with Crippen molar-refractivity contribution in [3.63, 3.8) is 0 Å². The van der Waals surface area contributed by atoms with Gasteiger partial charge in [0.15, 0.2) is 5.54 Å². The number of rotatable bonds is 5. The van der Waals surface area contributed by atoms with Crippen molar-refractivity contribution in [2.45, 2.75) is 24.2 Å². The van der Waals surface area contributed by atoms with Gasteiger partial charge in [0, 0.05) is 21.3 Å². The summed E-state index contributed by atoms with van der Waals surface area (Å²) in [6, 6.07) is 16.1. The van der Waals surface area contributed by atoms with Crippen LogP contribution in [-0.4, -0.2) is 37.3 Å². The molecule has 0 bridgehead atoms. The molecule has 0 unspecified atom stereocenters. The fraction of sp³-hybridized carbons (Fsp3) is 0.214. The van der Waals surface area contributed by atoms with E-state index in [1.807, 2.05) is 0 Å². The number of hydrogen-bond acceptors (Lipinski definition) is 4. The van der Waals surface area contributed by atoms with Gasteiger partial charge in [-0.1, -0.05) is 51.8 Å². The number of benzene rings is 3. The van der Waals surface area contributed by atoms with Crippen molar-refractivity contribution in [2.24, 2.45) is 0 Å². The second-order valence-electron chi connectivity index (χ2n) is 9.07. The van der Waals surface area contributed by atoms with Crippen molar-refractivity contribution in [2.75, 3.05) is 19.1 Å². The maximum atomic E-state index is 15.6. The highest BCUT2D eigenvalue weighted by molar-refractivity contribution is 9.10. The predicted octanol–water partition coefficient (Wildman–Crippen LogP) is 7.17. The van der Waals surface area contributed by atoms with Gasteiger partial charge in [-0.05, 0) is 53.6 Å². The molecule has 0 radical (unpaired) electrons. The molecular formula is C28H21BrClF3N2O4. The van der Waals surface area contributed by atoms with Crippen molar-refractivity contribution in [1.82, 2.24) is 4.90 Å². The first-order valence-electron chi connectivity index (χ1n) is 11.7. The van der Waals surface area contributed by atoms with E-state index in [0.717, 1.165) is 13.3 Å². The van der Waals surface area contributed by atoms with E-state index >= 15 is 13.2 Å². The number of urea groups is 1. The van der Waals surface area contributed by atoms with Crippen LogP contribution in [0.15, 0.2) is 83.0 Å². The second-order valence-corrected chi connectivity index (χ2v) is 10.4. The Morgan fingerprint density at radius 3 is 2.31 bits per heavy atom. The number of alkyl halides is 3. The summed E-state index contributed by atoms with van der Waals surface area (Å²) in [6.45, 7) is -0.0355. The molecule has 202 valence electrons. The zero-order valence-corrected chi connectivity index (χ0v) is 23.0. The Balaban J connectivity index is 1.78. The molecule has 39 heavy (non-hydrogen) atoms. The minimum atomic E-state index is -5.03. The van der Waals surface area contributed by atoms with E-state index in [1.54, 1.807) is 36.4 Å². The second kappa shape index (κ2) is 9.91. The number of methoxy groups -OCH3 is 2. The average molecular weight is 622 g/mol. The van der Waals surface area contributed by atoms with E-state index in [-0.39, 0.29) is 34.0 Å². The van der Waals surface area contributed by atoms with Gasteiger partial charge in [0.25, 0.3) is 0 Å². The van der Waals surface area contributed by atoms with Crippen LogP contribution in [0.25, 0.3) is 0 Å². The lowest BCUT2D eigenvalue weighted by Crippen LogP contribution is -2.63. The number of ether oxygens (including phenoxy) is 2. The van der Waals surface area contributed by atoms with Gasteiger partial charge in [0.1, 0.15) is 5.75 Å². The third kappa shape index (κ3) is 4.26. The summed E-state index contributed by atoms with van der Waals surface area (Å²) in [7, 11) is 2.60. The fourth-order valence-electron chi connectivity index (χ4n) is 5.34. The number of esters is 1. The lowest BCUT2D eigenvalue weighted by molar-refractivity contribution is -0.223. The van der Waals surface area contributed by atoms with Gasteiger partial charge in [-0.2, -0.15) is 13.2 Å². The molecule has 0 saturated heterocycles. The number of carbonyl (C=O) groups excluding carboxylic acids is 2. The van der Waals surface area contributed by atoms with Crippen LogP contribution >= 0.6 is 27.5 Å². The first kappa shape index (κ1) is 27.1. The number of halogens is 5. The van der Waals surface area contributed by atoms with E-state index in [0.29, 0.717) is 20.7 Å². The maximum absolute atomic E-state index is 15.6. The maximum Gasteiger partial charge on any atom is 0.417 e. The van der Waals surface area contributed by atoms with Crippen LogP contribution < -0.4 is 9.64 Å². The zero-order valence-electron chi connectivity index (χ0n) is 20.6. The van der Waals surface area contributed by atoms with Gasteiger partial charge in [-0.15, -0.1) is 0 Å². The topological polar surface area (TPSA) is 59.1 Å². The Morgan fingerprint density at radius 2 is 1.72 bits per heavy atom. The summed E-state index contributed by atoms with van der Waals surface area (Å²) >= 11 is 9.58. The van der Waals surface area contributed by atoms with Crippen LogP contribution in [0.3, 0.4) is 0 Å². The Bertz CT molecular complexity index is 1480. The molecule has 0 spiro atoms. The normalized spacial score (nSPS) is 20.3. The van der Waals surface area contributed by atoms with Crippen LogP contribution in [0, 0.1) is 0 Å². The smallest absolute Gasteiger partial charge is 0.417 e. The van der Waals surface area contributed by atoms with Crippen LogP contribution in [0.2, 0.25) is 5.02 Å². The van der Waals surface area contributed by atoms with Crippen LogP contribution in [0.5, 0.6) is 5.75 Å². The molecule has 0 aromatic heterocycles. The lowest BCUT2D eigenvalue weighted by atomic mass is 9.70. The molecule has 3 aromatic rings. The minimum absolute atomic E-state index is 0.0355. The minimum Gasteiger partial charge on any atom is -0.497 e. The Morgan fingerprint density at radius 1 is 1.05 bits per heavy atom. The number of carbonyl (C=O) groups is 2. The molecule has 11 heteroatoms. The van der Waals surface area contributed by atoms with Gasteiger partial charge < -0.3 is 9.47 Å². The van der Waals surface area contributed by atoms with Gasteiger partial charge in [-0.25, -0.2) is 9.59 Å². The van der Waals surface area contributed by atoms with Crippen LogP contribution in [0.1, 0.15) is 22.6 Å². The van der Waals surface area contributed by atoms with Crippen molar-refractivity contribution in [3.8, 4) is 5.75 Å². The SMILES string of the molecule is COC(=O)C1=CN2C(=O)N(Cc3ccc(OC)cc3)c3ccc(Cl)cc3[C@]2(C(F)(F)F)[C@@H]1c1ccc(Br)cc1. The van der Waals surface area contributed by atoms with E-state index in [1.165, 1.54) is 42.3 Å². The molecule has 2 amide bonds. The Hall–Kier alpha value is -3.50. The zero-order chi connectivity index (χ0) is 28.1. The highest BCUT2D eigenvalue weighted by Gasteiger charge is 2.72. The highest BCUT2D eigenvalue weighted by atomic mass is 79.9. The molecule has 5 rings (SSSR count). The highest BCUT2D eigenvalue weighted by Crippen LogP contribution is 2.63. The molecule has 2 aliphatic heterocycles. The summed E-state index contributed by atoms with van der Waals surface area (Å²) in [5.41, 5.74) is -2.64. The van der Waals surface area contributed by atoms with E-state index in [9.17, 15) is 9.59 Å². The van der Waals surface area contributed by atoms with Crippen LogP contribution in [0.4, 0.5) is 23.7 Å². The summed E-state index contributed by atoms with van der Waals surface area (Å²) in [6.07, 6.45) is -4.07. The number of nitrogens with zero attached hydrogens (tertiary/aromatic N) is 2. The molecule has 0 saturated carbocycles. The third-order valence-corrected chi connectivity index (χ3v) is 7.79. The largest absolute Gasteiger partial charge is 0.497 e. The monoisotopic (exact) mass is 620 g/mol. The lowest BCUT2D eigenvalue weighted by Gasteiger charge is -2.50. The van der Waals surface area contributed by atoms with E-state index in [4.69, 9.17) is 21.1 Å². The standard InChI is InChI=1S/C28H21BrClF3N2O4/c1-38-20-10-3-16(4-11-20)14-34-23-12-9-19(30)13-22(23)27(28(31,32)33)24(17-5-7-18(29)8-6-17)21(25(36)39-2)15-35(27)26(34)37/h3-13,15,24H,14H2,1-2H3/t24-,27-/m1/s1. The molecule has 6 nitrogen and oxygen atoms in total. The van der Waals surface area contributed by atoms with Gasteiger partial charge in [0.05, 0.1) is 37.9 Å². The van der Waals surface area contributed by atoms with E-state index < -0.39 is 29.6 Å². The molecule has 2 atom stereocenters. The fourth-order valence-corrected chi connectivity index (χ4v) is 5.77. The van der Waals surface area contributed by atoms with Crippen LogP contribution in [-0.2, 0) is 21.6 Å². The quantitative estimate of drug-likeness (QED) is 0.284. The summed E-state index contributed by atoms with van der Waals surface area (Å²) in [5, 5.41) is 0.0529. The Labute approximate surface area is 235 Å². The van der Waals surface area contributed by atoms with Crippen molar-refractivity contribution in [1.29, 1.82) is 0 Å².